The maximum Gasteiger partial charge on any atom is 0.264 e. The molecule has 1 N–H and O–H groups in total. The Balaban J connectivity index is 2.95. The van der Waals surface area contributed by atoms with Crippen molar-refractivity contribution in [2.45, 2.75) is 33.3 Å². The lowest BCUT2D eigenvalue weighted by atomic mass is 10.2. The molecule has 0 saturated carbocycles. The molecule has 0 saturated heterocycles. The number of aromatic amines is 1. The van der Waals surface area contributed by atoms with Crippen LogP contribution in [0.15, 0.2) is 4.79 Å². The molecule has 5 heteroatoms. The van der Waals surface area contributed by atoms with E-state index in [-0.39, 0.29) is 5.56 Å². The van der Waals surface area contributed by atoms with Crippen LogP contribution in [0.3, 0.4) is 0 Å². The Morgan fingerprint density at radius 1 is 1.47 bits per heavy atom. The van der Waals surface area contributed by atoms with Gasteiger partial charge in [0, 0.05) is 6.61 Å². The number of rotatable bonds is 5. The molecule has 4 nitrogen and oxygen atoms in total. The molecule has 0 unspecified atom stereocenters. The van der Waals surface area contributed by atoms with Crippen molar-refractivity contribution in [2.24, 2.45) is 0 Å². The van der Waals surface area contributed by atoms with Gasteiger partial charge in [-0.15, -0.1) is 0 Å². The number of aryl methyl sites for hydroxylation is 1. The minimum Gasteiger partial charge on any atom is -0.374 e. The van der Waals surface area contributed by atoms with E-state index in [1.165, 1.54) is 0 Å². The van der Waals surface area contributed by atoms with E-state index >= 15 is 0 Å². The molecule has 0 aliphatic heterocycles. The second-order valence-electron chi connectivity index (χ2n) is 3.16. The molecule has 1 heterocycles. The fraction of sp³-hybridized carbons (Fsp3) is 0.600. The summed E-state index contributed by atoms with van der Waals surface area (Å²) >= 11 is 2.04. The Morgan fingerprint density at radius 2 is 2.20 bits per heavy atom. The summed E-state index contributed by atoms with van der Waals surface area (Å²) in [6.45, 7) is 4.98. The number of aromatic nitrogens is 2. The van der Waals surface area contributed by atoms with Gasteiger partial charge >= 0.3 is 0 Å². The average molecular weight is 322 g/mol. The molecule has 1 rings (SSSR count). The normalized spacial score (nSPS) is 10.6. The third-order valence-electron chi connectivity index (χ3n) is 1.91. The Hall–Kier alpha value is -0.430. The second kappa shape index (κ2) is 6.22. The predicted octanol–water partition coefficient (Wildman–Crippen LogP) is 1.86. The van der Waals surface area contributed by atoms with E-state index < -0.39 is 0 Å². The van der Waals surface area contributed by atoms with Gasteiger partial charge in [0.2, 0.25) is 0 Å². The van der Waals surface area contributed by atoms with E-state index in [0.717, 1.165) is 18.5 Å². The van der Waals surface area contributed by atoms with Crippen LogP contribution in [0.4, 0.5) is 0 Å². The van der Waals surface area contributed by atoms with Gasteiger partial charge in [-0.3, -0.25) is 4.79 Å². The Bertz CT molecular complexity index is 376. The van der Waals surface area contributed by atoms with Gasteiger partial charge in [0.25, 0.3) is 5.56 Å². The highest BCUT2D eigenvalue weighted by Crippen LogP contribution is 2.07. The van der Waals surface area contributed by atoms with Crippen molar-refractivity contribution in [3.05, 3.63) is 25.4 Å². The van der Waals surface area contributed by atoms with Gasteiger partial charge in [-0.2, -0.15) is 0 Å². The van der Waals surface area contributed by atoms with Gasteiger partial charge in [0.1, 0.15) is 12.4 Å². The van der Waals surface area contributed by atoms with E-state index in [1.807, 2.05) is 29.5 Å². The van der Waals surface area contributed by atoms with Gasteiger partial charge in [0.15, 0.2) is 0 Å². The maximum atomic E-state index is 11.5. The summed E-state index contributed by atoms with van der Waals surface area (Å²) in [5, 5.41) is 0. The Morgan fingerprint density at radius 3 is 2.80 bits per heavy atom. The first-order valence-electron chi connectivity index (χ1n) is 5.04. The van der Waals surface area contributed by atoms with Crippen LogP contribution in [0.25, 0.3) is 0 Å². The summed E-state index contributed by atoms with van der Waals surface area (Å²) in [6.07, 6.45) is 1.82. The number of hydrogen-bond donors (Lipinski definition) is 1. The third kappa shape index (κ3) is 3.57. The Kier molecular flexibility index (Phi) is 5.24. The standard InChI is InChI=1S/C10H15IN2O2/c1-3-5-7-9(11)10(14)13-8(12-7)6-15-4-2/h3-6H2,1-2H3,(H,12,13,14). The number of nitrogens with zero attached hydrogens (tertiary/aromatic N) is 1. The van der Waals surface area contributed by atoms with Crippen LogP contribution in [0.5, 0.6) is 0 Å². The van der Waals surface area contributed by atoms with E-state index in [4.69, 9.17) is 4.74 Å². The number of H-pyrrole nitrogens is 1. The van der Waals surface area contributed by atoms with Crippen LogP contribution in [0.1, 0.15) is 31.8 Å². The lowest BCUT2D eigenvalue weighted by Gasteiger charge is -2.05. The number of halogens is 1. The Labute approximate surface area is 103 Å². The SMILES string of the molecule is CCCc1nc(COCC)[nH]c(=O)c1I. The van der Waals surface area contributed by atoms with Crippen molar-refractivity contribution in [1.82, 2.24) is 9.97 Å². The first-order chi connectivity index (χ1) is 7.19. The fourth-order valence-electron chi connectivity index (χ4n) is 1.23. The molecular weight excluding hydrogens is 307 g/mol. The average Bonchev–Trinajstić information content (AvgIpc) is 2.22. The van der Waals surface area contributed by atoms with Crippen molar-refractivity contribution in [3.8, 4) is 0 Å². The molecule has 0 radical (unpaired) electrons. The number of nitrogens with one attached hydrogen (secondary N) is 1. The zero-order chi connectivity index (χ0) is 11.3. The topological polar surface area (TPSA) is 55.0 Å². The van der Waals surface area contributed by atoms with Crippen LogP contribution >= 0.6 is 22.6 Å². The molecule has 84 valence electrons. The lowest BCUT2D eigenvalue weighted by molar-refractivity contribution is 0.128. The van der Waals surface area contributed by atoms with Crippen LogP contribution < -0.4 is 5.56 Å². The summed E-state index contributed by atoms with van der Waals surface area (Å²) in [7, 11) is 0. The van der Waals surface area contributed by atoms with E-state index in [0.29, 0.717) is 22.6 Å². The van der Waals surface area contributed by atoms with Crippen molar-refractivity contribution in [3.63, 3.8) is 0 Å². The zero-order valence-electron chi connectivity index (χ0n) is 8.97. The van der Waals surface area contributed by atoms with E-state index in [9.17, 15) is 4.79 Å². The number of hydrogen-bond acceptors (Lipinski definition) is 3. The number of ether oxygens (including phenoxy) is 1. The molecule has 0 spiro atoms. The largest absolute Gasteiger partial charge is 0.374 e. The van der Waals surface area contributed by atoms with Crippen molar-refractivity contribution >= 4 is 22.6 Å². The minimum absolute atomic E-state index is 0.0660. The molecule has 15 heavy (non-hydrogen) atoms. The molecule has 0 atom stereocenters. The minimum atomic E-state index is -0.0660. The molecule has 0 bridgehead atoms. The molecule has 0 aromatic carbocycles. The third-order valence-corrected chi connectivity index (χ3v) is 3.02. The summed E-state index contributed by atoms with van der Waals surface area (Å²) in [4.78, 5) is 18.6. The highest BCUT2D eigenvalue weighted by atomic mass is 127. The van der Waals surface area contributed by atoms with Crippen LogP contribution in [-0.2, 0) is 17.8 Å². The second-order valence-corrected chi connectivity index (χ2v) is 4.24. The van der Waals surface area contributed by atoms with Gasteiger partial charge < -0.3 is 9.72 Å². The highest BCUT2D eigenvalue weighted by Gasteiger charge is 2.07. The monoisotopic (exact) mass is 322 g/mol. The molecule has 1 aromatic heterocycles. The quantitative estimate of drug-likeness (QED) is 0.842. The molecule has 0 amide bonds. The molecule has 0 aliphatic rings. The first-order valence-corrected chi connectivity index (χ1v) is 6.12. The van der Waals surface area contributed by atoms with Crippen molar-refractivity contribution in [1.29, 1.82) is 0 Å². The maximum absolute atomic E-state index is 11.5. The van der Waals surface area contributed by atoms with Crippen molar-refractivity contribution in [2.75, 3.05) is 6.61 Å². The summed E-state index contributed by atoms with van der Waals surface area (Å²) in [5.74, 6) is 0.616. The highest BCUT2D eigenvalue weighted by molar-refractivity contribution is 14.1. The molecule has 0 fully saturated rings. The van der Waals surface area contributed by atoms with Crippen LogP contribution in [-0.4, -0.2) is 16.6 Å². The summed E-state index contributed by atoms with van der Waals surface area (Å²) in [5.41, 5.74) is 0.806. The van der Waals surface area contributed by atoms with Gasteiger partial charge in [-0.1, -0.05) is 13.3 Å². The van der Waals surface area contributed by atoms with Gasteiger partial charge in [0.05, 0.1) is 9.26 Å². The summed E-state index contributed by atoms with van der Waals surface area (Å²) in [6, 6.07) is 0. The summed E-state index contributed by atoms with van der Waals surface area (Å²) < 4.78 is 5.90. The van der Waals surface area contributed by atoms with E-state index in [1.54, 1.807) is 0 Å². The van der Waals surface area contributed by atoms with Gasteiger partial charge in [-0.25, -0.2) is 4.98 Å². The van der Waals surface area contributed by atoms with E-state index in [2.05, 4.69) is 16.9 Å². The lowest BCUT2D eigenvalue weighted by Crippen LogP contribution is -2.18. The van der Waals surface area contributed by atoms with Crippen LogP contribution in [0, 0.1) is 3.57 Å². The van der Waals surface area contributed by atoms with Gasteiger partial charge in [-0.05, 0) is 35.9 Å². The van der Waals surface area contributed by atoms with Crippen LogP contribution in [0.2, 0.25) is 0 Å². The fourth-order valence-corrected chi connectivity index (χ4v) is 1.75. The predicted molar refractivity (Wildman–Crippen MR) is 66.9 cm³/mol. The van der Waals surface area contributed by atoms with Crippen molar-refractivity contribution < 1.29 is 4.74 Å². The molecule has 0 aliphatic carbocycles. The molecule has 1 aromatic rings. The molecular formula is C10H15IN2O2. The smallest absolute Gasteiger partial charge is 0.264 e. The zero-order valence-corrected chi connectivity index (χ0v) is 11.1. The first kappa shape index (κ1) is 12.6.